The van der Waals surface area contributed by atoms with E-state index in [0.29, 0.717) is 27.6 Å². The largest absolute Gasteiger partial charge is 0.493 e. The number of para-hydroxylation sites is 1. The molecular weight excluding hydrogens is 486 g/mol. The number of fused-ring (bicyclic) bond motifs is 1. The molecule has 0 spiro atoms. The Bertz CT molecular complexity index is 1570. The van der Waals surface area contributed by atoms with Crippen LogP contribution >= 0.6 is 11.3 Å². The highest BCUT2D eigenvalue weighted by atomic mass is 32.1. The molecule has 11 heteroatoms. The lowest BCUT2D eigenvalue weighted by atomic mass is 9.95. The van der Waals surface area contributed by atoms with Gasteiger partial charge in [-0.1, -0.05) is 29.5 Å². The molecule has 2 heterocycles. The van der Waals surface area contributed by atoms with Gasteiger partial charge in [-0.15, -0.1) is 0 Å². The van der Waals surface area contributed by atoms with Crippen LogP contribution in [0.5, 0.6) is 11.5 Å². The Morgan fingerprint density at radius 3 is 2.58 bits per heavy atom. The van der Waals surface area contributed by atoms with Gasteiger partial charge in [-0.3, -0.25) is 19.5 Å². The van der Waals surface area contributed by atoms with Crippen LogP contribution in [0.1, 0.15) is 31.0 Å². The normalized spacial score (nSPS) is 15.2. The number of hydrogen-bond donors (Lipinski definition) is 0. The summed E-state index contributed by atoms with van der Waals surface area (Å²) in [5.74, 6) is 0.324. The van der Waals surface area contributed by atoms with Crippen LogP contribution in [-0.4, -0.2) is 36.3 Å². The summed E-state index contributed by atoms with van der Waals surface area (Å²) < 4.78 is 17.7. The number of carbonyl (C=O) groups is 1. The molecule has 0 N–H and O–H groups in total. The van der Waals surface area contributed by atoms with Crippen LogP contribution in [0, 0.1) is 10.1 Å². The Morgan fingerprint density at radius 1 is 1.19 bits per heavy atom. The molecule has 36 heavy (non-hydrogen) atoms. The fraction of sp³-hybridized carbons (Fsp3) is 0.240. The number of methoxy groups -OCH3 is 2. The molecule has 3 aromatic rings. The number of nitro benzene ring substituents is 1. The molecule has 0 radical (unpaired) electrons. The number of ether oxygens (including phenoxy) is 3. The SMILES string of the molecule is CCOC(=O)C1=C(C)N=c2s/c(=C\c3ccccc3[N+](=O)[O-])c(=O)n2[C@H]1c1ccc(OC)c(OC)c1. The second-order valence-electron chi connectivity index (χ2n) is 7.73. The van der Waals surface area contributed by atoms with Crippen molar-refractivity contribution in [3.8, 4) is 11.5 Å². The van der Waals surface area contributed by atoms with Crippen molar-refractivity contribution < 1.29 is 23.9 Å². The van der Waals surface area contributed by atoms with Gasteiger partial charge in [0.2, 0.25) is 0 Å². The summed E-state index contributed by atoms with van der Waals surface area (Å²) in [4.78, 5) is 42.5. The van der Waals surface area contributed by atoms with Gasteiger partial charge in [-0.2, -0.15) is 0 Å². The van der Waals surface area contributed by atoms with Gasteiger partial charge < -0.3 is 14.2 Å². The van der Waals surface area contributed by atoms with Crippen molar-refractivity contribution in [2.45, 2.75) is 19.9 Å². The van der Waals surface area contributed by atoms with Crippen molar-refractivity contribution in [2.75, 3.05) is 20.8 Å². The molecule has 0 bridgehead atoms. The first-order valence-electron chi connectivity index (χ1n) is 11.0. The van der Waals surface area contributed by atoms with Crippen molar-refractivity contribution in [1.29, 1.82) is 0 Å². The third-order valence-corrected chi connectivity index (χ3v) is 6.64. The second-order valence-corrected chi connectivity index (χ2v) is 8.74. The number of rotatable bonds is 7. The third kappa shape index (κ3) is 4.40. The predicted molar refractivity (Wildman–Crippen MR) is 133 cm³/mol. The second kappa shape index (κ2) is 10.2. The summed E-state index contributed by atoms with van der Waals surface area (Å²) in [6.45, 7) is 3.52. The zero-order chi connectivity index (χ0) is 26.0. The molecule has 1 aromatic heterocycles. The molecule has 2 aromatic carbocycles. The number of nitro groups is 1. The first kappa shape index (κ1) is 24.9. The maximum Gasteiger partial charge on any atom is 0.338 e. The summed E-state index contributed by atoms with van der Waals surface area (Å²) in [6, 6.07) is 10.4. The van der Waals surface area contributed by atoms with E-state index in [1.807, 2.05) is 0 Å². The highest BCUT2D eigenvalue weighted by molar-refractivity contribution is 7.07. The Balaban J connectivity index is 1.99. The molecule has 1 aliphatic heterocycles. The molecule has 186 valence electrons. The van der Waals surface area contributed by atoms with Crippen molar-refractivity contribution in [3.05, 3.63) is 94.7 Å². The molecule has 10 nitrogen and oxygen atoms in total. The van der Waals surface area contributed by atoms with Crippen LogP contribution in [0.2, 0.25) is 0 Å². The van der Waals surface area contributed by atoms with Gasteiger partial charge in [0.15, 0.2) is 16.3 Å². The molecule has 0 unspecified atom stereocenters. The number of thiazole rings is 1. The molecule has 0 aliphatic carbocycles. The standard InChI is InChI=1S/C25H23N3O7S/c1-5-35-24(30)21-14(2)26-25-27(22(21)16-10-11-18(33-3)19(12-16)34-4)23(29)20(36-25)13-15-8-6-7-9-17(15)28(31)32/h6-13,22H,5H2,1-4H3/b20-13-/t22-/m0/s1. The van der Waals surface area contributed by atoms with Gasteiger partial charge in [0.1, 0.15) is 0 Å². The Morgan fingerprint density at radius 2 is 1.92 bits per heavy atom. The number of nitrogens with zero attached hydrogens (tertiary/aromatic N) is 3. The first-order chi connectivity index (χ1) is 17.3. The average Bonchev–Trinajstić information content (AvgIpc) is 3.17. The molecule has 4 rings (SSSR count). The molecule has 0 amide bonds. The highest BCUT2D eigenvalue weighted by Gasteiger charge is 2.34. The maximum absolute atomic E-state index is 13.7. The first-order valence-corrected chi connectivity index (χ1v) is 11.8. The van der Waals surface area contributed by atoms with Crippen LogP contribution in [0.15, 0.2) is 63.5 Å². The van der Waals surface area contributed by atoms with E-state index >= 15 is 0 Å². The van der Waals surface area contributed by atoms with Gasteiger partial charge in [-0.05, 0) is 43.7 Å². The van der Waals surface area contributed by atoms with Crippen LogP contribution in [0.25, 0.3) is 6.08 Å². The molecule has 0 saturated carbocycles. The predicted octanol–water partition coefficient (Wildman–Crippen LogP) is 2.72. The van der Waals surface area contributed by atoms with Crippen molar-refractivity contribution >= 4 is 29.1 Å². The molecule has 0 saturated heterocycles. The Labute approximate surface area is 209 Å². The van der Waals surface area contributed by atoms with Crippen LogP contribution < -0.4 is 24.4 Å². The quantitative estimate of drug-likeness (QED) is 0.273. The van der Waals surface area contributed by atoms with E-state index in [9.17, 15) is 19.7 Å². The van der Waals surface area contributed by atoms with Crippen molar-refractivity contribution in [1.82, 2.24) is 4.57 Å². The fourth-order valence-corrected chi connectivity index (χ4v) is 5.08. The van der Waals surface area contributed by atoms with E-state index < -0.39 is 22.5 Å². The lowest BCUT2D eigenvalue weighted by Gasteiger charge is -2.25. The van der Waals surface area contributed by atoms with Gasteiger partial charge in [0, 0.05) is 6.07 Å². The number of aromatic nitrogens is 1. The minimum atomic E-state index is -0.854. The zero-order valence-corrected chi connectivity index (χ0v) is 20.8. The zero-order valence-electron chi connectivity index (χ0n) is 20.0. The van der Waals surface area contributed by atoms with E-state index in [0.717, 1.165) is 11.3 Å². The smallest absolute Gasteiger partial charge is 0.338 e. The van der Waals surface area contributed by atoms with Crippen LogP contribution in [0.4, 0.5) is 5.69 Å². The van der Waals surface area contributed by atoms with Gasteiger partial charge in [0.25, 0.3) is 11.2 Å². The maximum atomic E-state index is 13.7. The van der Waals surface area contributed by atoms with Crippen LogP contribution in [-0.2, 0) is 9.53 Å². The number of benzene rings is 2. The minimum absolute atomic E-state index is 0.122. The van der Waals surface area contributed by atoms with E-state index in [4.69, 9.17) is 14.2 Å². The summed E-state index contributed by atoms with van der Waals surface area (Å²) in [5, 5.41) is 11.5. The minimum Gasteiger partial charge on any atom is -0.493 e. The number of esters is 1. The summed E-state index contributed by atoms with van der Waals surface area (Å²) in [7, 11) is 3.00. The van der Waals surface area contributed by atoms with E-state index in [-0.39, 0.29) is 28.0 Å². The van der Waals surface area contributed by atoms with Crippen LogP contribution in [0.3, 0.4) is 0 Å². The highest BCUT2D eigenvalue weighted by Crippen LogP contribution is 2.36. The lowest BCUT2D eigenvalue weighted by Crippen LogP contribution is -2.40. The molecule has 0 fully saturated rings. The molecular formula is C25H23N3O7S. The average molecular weight is 510 g/mol. The topological polar surface area (TPSA) is 122 Å². The summed E-state index contributed by atoms with van der Waals surface area (Å²) in [6.07, 6.45) is 1.47. The van der Waals surface area contributed by atoms with Gasteiger partial charge >= 0.3 is 5.97 Å². The Hall–Kier alpha value is -4.25. The Kier molecular flexibility index (Phi) is 7.02. The van der Waals surface area contributed by atoms with E-state index in [1.54, 1.807) is 50.2 Å². The molecule has 1 atom stereocenters. The summed E-state index contributed by atoms with van der Waals surface area (Å²) >= 11 is 1.09. The van der Waals surface area contributed by atoms with E-state index in [1.165, 1.54) is 30.9 Å². The third-order valence-electron chi connectivity index (χ3n) is 5.66. The number of hydrogen-bond acceptors (Lipinski definition) is 9. The molecule has 1 aliphatic rings. The van der Waals surface area contributed by atoms with E-state index in [2.05, 4.69) is 4.99 Å². The van der Waals surface area contributed by atoms with Crippen molar-refractivity contribution in [2.24, 2.45) is 4.99 Å². The fourth-order valence-electron chi connectivity index (χ4n) is 4.05. The number of carbonyl (C=O) groups excluding carboxylic acids is 1. The summed E-state index contributed by atoms with van der Waals surface area (Å²) in [5.41, 5.74) is 0.940. The monoisotopic (exact) mass is 509 g/mol. The van der Waals surface area contributed by atoms with Gasteiger partial charge in [-0.25, -0.2) is 9.79 Å². The lowest BCUT2D eigenvalue weighted by molar-refractivity contribution is -0.385. The van der Waals surface area contributed by atoms with Crippen molar-refractivity contribution in [3.63, 3.8) is 0 Å². The van der Waals surface area contributed by atoms with Gasteiger partial charge in [0.05, 0.1) is 53.2 Å². The number of allylic oxidation sites excluding steroid dienone is 1.